The molecule has 2 heterocycles. The van der Waals surface area contributed by atoms with Gasteiger partial charge < -0.3 is 4.74 Å². The van der Waals surface area contributed by atoms with Gasteiger partial charge in [-0.05, 0) is 31.4 Å². The molecule has 1 aliphatic rings. The molecule has 19 heavy (non-hydrogen) atoms. The molecule has 0 unspecified atom stereocenters. The second-order valence-electron chi connectivity index (χ2n) is 5.21. The van der Waals surface area contributed by atoms with E-state index in [1.165, 1.54) is 12.1 Å². The number of aromatic nitrogens is 1. The van der Waals surface area contributed by atoms with Crippen molar-refractivity contribution in [3.05, 3.63) is 35.8 Å². The molecule has 0 amide bonds. The van der Waals surface area contributed by atoms with Crippen LogP contribution in [0.1, 0.15) is 25.0 Å². The van der Waals surface area contributed by atoms with Gasteiger partial charge in [0.25, 0.3) is 0 Å². The molecule has 2 rings (SSSR count). The molecule has 0 fully saturated rings. The summed E-state index contributed by atoms with van der Waals surface area (Å²) in [5, 5.41) is 4.40. The van der Waals surface area contributed by atoms with Crippen molar-refractivity contribution < 1.29 is 9.33 Å². The van der Waals surface area contributed by atoms with Gasteiger partial charge in [0.2, 0.25) is 0 Å². The fourth-order valence-corrected chi connectivity index (χ4v) is 2.19. The highest BCUT2D eigenvalue weighted by Crippen LogP contribution is 2.22. The Morgan fingerprint density at radius 1 is 1.16 bits per heavy atom. The number of unbranched alkanes of at least 4 members (excludes halogenated alkanes) is 1. The summed E-state index contributed by atoms with van der Waals surface area (Å²) < 4.78 is 5.75. The van der Waals surface area contributed by atoms with Crippen LogP contribution in [0.15, 0.2) is 35.2 Å². The number of aryl methyl sites for hydroxylation is 1. The van der Waals surface area contributed by atoms with E-state index in [4.69, 9.17) is 4.74 Å². The quantitative estimate of drug-likeness (QED) is 0.582. The van der Waals surface area contributed by atoms with Crippen LogP contribution in [-0.2, 0) is 6.42 Å². The summed E-state index contributed by atoms with van der Waals surface area (Å²) in [5.74, 6) is 0.816. The van der Waals surface area contributed by atoms with E-state index in [9.17, 15) is 0 Å². The van der Waals surface area contributed by atoms with Crippen LogP contribution in [0.4, 0.5) is 0 Å². The van der Waals surface area contributed by atoms with Crippen molar-refractivity contribution in [1.29, 1.82) is 0 Å². The summed E-state index contributed by atoms with van der Waals surface area (Å²) >= 11 is 0. The summed E-state index contributed by atoms with van der Waals surface area (Å²) in [6, 6.07) is 4.01. The minimum absolute atomic E-state index is 0.654. The van der Waals surface area contributed by atoms with Crippen LogP contribution in [0.2, 0.25) is 0 Å². The Labute approximate surface area is 115 Å². The van der Waals surface area contributed by atoms with Crippen LogP contribution in [0.25, 0.3) is 0 Å². The Morgan fingerprint density at radius 3 is 2.53 bits per heavy atom. The molecule has 4 heteroatoms. The topological polar surface area (TPSA) is 34.5 Å². The van der Waals surface area contributed by atoms with E-state index in [0.29, 0.717) is 4.59 Å². The molecule has 1 aliphatic heterocycles. The molecule has 0 saturated carbocycles. The molecule has 0 radical (unpaired) electrons. The number of quaternary nitrogens is 1. The second kappa shape index (κ2) is 5.97. The predicted molar refractivity (Wildman–Crippen MR) is 77.0 cm³/mol. The molecular weight excluding hydrogens is 238 g/mol. The monoisotopic (exact) mass is 260 g/mol. The summed E-state index contributed by atoms with van der Waals surface area (Å²) in [6.45, 7) is 0. The summed E-state index contributed by atoms with van der Waals surface area (Å²) in [6.07, 6.45) is 10.3. The first-order chi connectivity index (χ1) is 9.12. The number of ether oxygens (including phenoxy) is 1. The van der Waals surface area contributed by atoms with Crippen molar-refractivity contribution in [3.8, 4) is 5.75 Å². The summed E-state index contributed by atoms with van der Waals surface area (Å²) in [7, 11) is 5.88. The highest BCUT2D eigenvalue weighted by Gasteiger charge is 2.24. The lowest BCUT2D eigenvalue weighted by Gasteiger charge is -2.20. The van der Waals surface area contributed by atoms with Crippen LogP contribution in [-0.4, -0.2) is 37.0 Å². The third-order valence-corrected chi connectivity index (χ3v) is 3.47. The molecule has 0 spiro atoms. The predicted octanol–water partition coefficient (Wildman–Crippen LogP) is 2.76. The standard InChI is InChI=1S/C15H22N3O/c1-18(2)14(10-11-17-18)7-5-4-6-13-8-9-15(19-3)12-16-13/h8-12H,4-7H2,1-3H3/q+1. The van der Waals surface area contributed by atoms with Crippen molar-refractivity contribution in [2.24, 2.45) is 5.10 Å². The van der Waals surface area contributed by atoms with Gasteiger partial charge in [-0.2, -0.15) is 4.59 Å². The Hall–Kier alpha value is -1.68. The lowest BCUT2D eigenvalue weighted by molar-refractivity contribution is -0.857. The lowest BCUT2D eigenvalue weighted by Crippen LogP contribution is -2.29. The van der Waals surface area contributed by atoms with Crippen LogP contribution in [0.3, 0.4) is 0 Å². The first-order valence-corrected chi connectivity index (χ1v) is 6.70. The van der Waals surface area contributed by atoms with Crippen molar-refractivity contribution in [2.45, 2.75) is 25.7 Å². The number of allylic oxidation sites excluding steroid dienone is 2. The van der Waals surface area contributed by atoms with E-state index in [1.807, 2.05) is 18.3 Å². The van der Waals surface area contributed by atoms with Crippen LogP contribution >= 0.6 is 0 Å². The average Bonchev–Trinajstić information content (AvgIpc) is 2.74. The fourth-order valence-electron chi connectivity index (χ4n) is 2.19. The van der Waals surface area contributed by atoms with E-state index in [1.54, 1.807) is 13.3 Å². The molecule has 0 saturated heterocycles. The van der Waals surface area contributed by atoms with Gasteiger partial charge in [0.05, 0.1) is 33.6 Å². The van der Waals surface area contributed by atoms with Crippen molar-refractivity contribution >= 4 is 6.21 Å². The number of hydrogen-bond acceptors (Lipinski definition) is 3. The first-order valence-electron chi connectivity index (χ1n) is 6.70. The van der Waals surface area contributed by atoms with E-state index >= 15 is 0 Å². The zero-order valence-electron chi connectivity index (χ0n) is 12.0. The molecule has 1 aromatic heterocycles. The Morgan fingerprint density at radius 2 is 1.95 bits per heavy atom. The number of methoxy groups -OCH3 is 1. The molecule has 0 bridgehead atoms. The van der Waals surface area contributed by atoms with Crippen LogP contribution in [0.5, 0.6) is 5.75 Å². The van der Waals surface area contributed by atoms with Gasteiger partial charge >= 0.3 is 0 Å². The summed E-state index contributed by atoms with van der Waals surface area (Å²) in [4.78, 5) is 4.38. The molecule has 102 valence electrons. The zero-order valence-corrected chi connectivity index (χ0v) is 12.0. The average molecular weight is 260 g/mol. The second-order valence-corrected chi connectivity index (χ2v) is 5.21. The maximum Gasteiger partial charge on any atom is 0.137 e. The first kappa shape index (κ1) is 13.7. The third-order valence-electron chi connectivity index (χ3n) is 3.47. The Bertz CT molecular complexity index is 475. The van der Waals surface area contributed by atoms with Gasteiger partial charge in [0.15, 0.2) is 0 Å². The smallest absolute Gasteiger partial charge is 0.137 e. The molecule has 0 N–H and O–H groups in total. The number of pyridine rings is 1. The highest BCUT2D eigenvalue weighted by atomic mass is 16.5. The largest absolute Gasteiger partial charge is 0.495 e. The molecule has 0 atom stereocenters. The van der Waals surface area contributed by atoms with Gasteiger partial charge in [-0.25, -0.2) is 0 Å². The minimum atomic E-state index is 0.654. The van der Waals surface area contributed by atoms with Crippen LogP contribution in [0, 0.1) is 0 Å². The minimum Gasteiger partial charge on any atom is -0.495 e. The molecule has 0 aliphatic carbocycles. The van der Waals surface area contributed by atoms with E-state index in [0.717, 1.165) is 30.7 Å². The molecule has 0 aromatic carbocycles. The fraction of sp³-hybridized carbons (Fsp3) is 0.467. The maximum atomic E-state index is 5.10. The molecular formula is C15H22N3O+. The zero-order chi connectivity index (χ0) is 13.7. The van der Waals surface area contributed by atoms with Crippen molar-refractivity contribution in [2.75, 3.05) is 21.2 Å². The van der Waals surface area contributed by atoms with Gasteiger partial charge in [-0.15, -0.1) is 0 Å². The van der Waals surface area contributed by atoms with Gasteiger partial charge in [-0.1, -0.05) is 5.10 Å². The molecule has 4 nitrogen and oxygen atoms in total. The van der Waals surface area contributed by atoms with E-state index < -0.39 is 0 Å². The normalized spacial score (nSPS) is 16.5. The van der Waals surface area contributed by atoms with Crippen molar-refractivity contribution in [3.63, 3.8) is 0 Å². The lowest BCUT2D eigenvalue weighted by atomic mass is 10.1. The number of rotatable bonds is 6. The number of hydrogen-bond donors (Lipinski definition) is 0. The van der Waals surface area contributed by atoms with E-state index in [2.05, 4.69) is 30.3 Å². The van der Waals surface area contributed by atoms with Crippen LogP contribution < -0.4 is 4.74 Å². The van der Waals surface area contributed by atoms with Gasteiger partial charge in [0, 0.05) is 18.2 Å². The molecule has 1 aromatic rings. The van der Waals surface area contributed by atoms with E-state index in [-0.39, 0.29) is 0 Å². The summed E-state index contributed by atoms with van der Waals surface area (Å²) in [5.41, 5.74) is 2.51. The highest BCUT2D eigenvalue weighted by molar-refractivity contribution is 5.72. The SMILES string of the molecule is COc1ccc(CCCCC2=CC=N[N+]2(C)C)nc1. The van der Waals surface area contributed by atoms with Gasteiger partial charge in [0.1, 0.15) is 11.4 Å². The van der Waals surface area contributed by atoms with Crippen molar-refractivity contribution in [1.82, 2.24) is 4.98 Å². The number of nitrogens with zero attached hydrogens (tertiary/aromatic N) is 3. The Balaban J connectivity index is 1.72. The van der Waals surface area contributed by atoms with Gasteiger partial charge in [-0.3, -0.25) is 4.98 Å². The maximum absolute atomic E-state index is 5.10. The third kappa shape index (κ3) is 3.64. The Kier molecular flexibility index (Phi) is 4.32.